The molecule has 0 unspecified atom stereocenters. The standard InChI is InChI=1S/C24H29Cl2N3O2S/c1-6-28(7-2)14-15-29(23-27-20-16(3)8-13-19(26)21(20)32-23)22(30)24(4,5)31-18-11-9-17(25)10-12-18/h8-13H,6-7,14-15H2,1-5H3. The molecule has 1 heterocycles. The first kappa shape index (κ1) is 24.8. The van der Waals surface area contributed by atoms with E-state index in [-0.39, 0.29) is 5.91 Å². The summed E-state index contributed by atoms with van der Waals surface area (Å²) in [7, 11) is 0. The van der Waals surface area contributed by atoms with Crippen molar-refractivity contribution >= 4 is 55.8 Å². The topological polar surface area (TPSA) is 45.7 Å². The summed E-state index contributed by atoms with van der Waals surface area (Å²) >= 11 is 13.9. The minimum absolute atomic E-state index is 0.160. The second-order valence-corrected chi connectivity index (χ2v) is 9.91. The molecule has 0 aliphatic carbocycles. The molecule has 0 N–H and O–H groups in total. The number of anilines is 1. The highest BCUT2D eigenvalue weighted by atomic mass is 35.5. The SMILES string of the molecule is CCN(CC)CCN(C(=O)C(C)(C)Oc1ccc(Cl)cc1)c1nc2c(C)ccc(Cl)c2s1. The number of nitrogens with zero attached hydrogens (tertiary/aromatic N) is 3. The summed E-state index contributed by atoms with van der Waals surface area (Å²) in [5.41, 5.74) is 0.752. The Kier molecular flexibility index (Phi) is 8.04. The van der Waals surface area contributed by atoms with E-state index in [0.717, 1.165) is 35.4 Å². The van der Waals surface area contributed by atoms with Crippen LogP contribution in [-0.4, -0.2) is 47.6 Å². The van der Waals surface area contributed by atoms with Crippen molar-refractivity contribution in [1.82, 2.24) is 9.88 Å². The van der Waals surface area contributed by atoms with E-state index < -0.39 is 5.60 Å². The molecule has 1 aromatic heterocycles. The number of halogens is 2. The van der Waals surface area contributed by atoms with Gasteiger partial charge >= 0.3 is 0 Å². The zero-order valence-corrected chi connectivity index (χ0v) is 21.4. The average molecular weight is 494 g/mol. The van der Waals surface area contributed by atoms with Gasteiger partial charge < -0.3 is 9.64 Å². The van der Waals surface area contributed by atoms with Crippen molar-refractivity contribution in [2.24, 2.45) is 0 Å². The molecule has 2 aromatic carbocycles. The number of likely N-dealkylation sites (N-methyl/N-ethyl adjacent to an activating group) is 1. The van der Waals surface area contributed by atoms with E-state index in [2.05, 4.69) is 18.7 Å². The summed E-state index contributed by atoms with van der Waals surface area (Å²) in [5, 5.41) is 1.88. The number of amides is 1. The Labute approximate surface area is 203 Å². The third-order valence-electron chi connectivity index (χ3n) is 5.40. The number of aromatic nitrogens is 1. The Bertz CT molecular complexity index is 1040. The van der Waals surface area contributed by atoms with Crippen LogP contribution < -0.4 is 9.64 Å². The van der Waals surface area contributed by atoms with Crippen LogP contribution in [0.15, 0.2) is 36.4 Å². The largest absolute Gasteiger partial charge is 0.478 e. The van der Waals surface area contributed by atoms with E-state index in [9.17, 15) is 4.79 Å². The van der Waals surface area contributed by atoms with Crippen LogP contribution in [0.2, 0.25) is 10.0 Å². The summed E-state index contributed by atoms with van der Waals surface area (Å²) < 4.78 is 6.98. The molecule has 3 rings (SSSR count). The lowest BCUT2D eigenvalue weighted by molar-refractivity contribution is -0.131. The van der Waals surface area contributed by atoms with E-state index in [1.54, 1.807) is 43.0 Å². The summed E-state index contributed by atoms with van der Waals surface area (Å²) in [6.07, 6.45) is 0. The van der Waals surface area contributed by atoms with Gasteiger partial charge in [-0.25, -0.2) is 4.98 Å². The van der Waals surface area contributed by atoms with Crippen LogP contribution in [-0.2, 0) is 4.79 Å². The lowest BCUT2D eigenvalue weighted by Crippen LogP contribution is -2.51. The van der Waals surface area contributed by atoms with Crippen molar-refractivity contribution in [3.05, 3.63) is 52.0 Å². The predicted octanol–water partition coefficient (Wildman–Crippen LogP) is 6.44. The molecule has 0 spiro atoms. The molecule has 0 atom stereocenters. The molecular formula is C24H29Cl2N3O2S. The molecule has 0 aliphatic rings. The highest BCUT2D eigenvalue weighted by Crippen LogP contribution is 2.36. The van der Waals surface area contributed by atoms with Crippen LogP contribution in [0.25, 0.3) is 10.2 Å². The molecule has 8 heteroatoms. The third-order valence-corrected chi connectivity index (χ3v) is 7.19. The minimum Gasteiger partial charge on any atom is -0.478 e. The lowest BCUT2D eigenvalue weighted by atomic mass is 10.1. The van der Waals surface area contributed by atoms with E-state index in [1.165, 1.54) is 11.3 Å². The van der Waals surface area contributed by atoms with Gasteiger partial charge in [0.15, 0.2) is 10.7 Å². The highest BCUT2D eigenvalue weighted by Gasteiger charge is 2.36. The maximum atomic E-state index is 13.8. The molecule has 0 saturated carbocycles. The third kappa shape index (κ3) is 5.54. The minimum atomic E-state index is -1.10. The molecule has 0 aliphatic heterocycles. The summed E-state index contributed by atoms with van der Waals surface area (Å²) in [5.74, 6) is 0.423. The lowest BCUT2D eigenvalue weighted by Gasteiger charge is -2.32. The highest BCUT2D eigenvalue weighted by molar-refractivity contribution is 7.23. The zero-order chi connectivity index (χ0) is 23.5. The second kappa shape index (κ2) is 10.4. The quantitative estimate of drug-likeness (QED) is 0.343. The van der Waals surface area contributed by atoms with E-state index in [0.29, 0.717) is 27.5 Å². The average Bonchev–Trinajstić information content (AvgIpc) is 3.22. The molecule has 0 fully saturated rings. The monoisotopic (exact) mass is 493 g/mol. The fourth-order valence-corrected chi connectivity index (χ4v) is 4.90. The Morgan fingerprint density at radius 1 is 1.06 bits per heavy atom. The number of hydrogen-bond donors (Lipinski definition) is 0. The maximum Gasteiger partial charge on any atom is 0.272 e. The van der Waals surface area contributed by atoms with Gasteiger partial charge in [-0.15, -0.1) is 0 Å². The molecule has 32 heavy (non-hydrogen) atoms. The van der Waals surface area contributed by atoms with Crippen LogP contribution in [0.3, 0.4) is 0 Å². The van der Waals surface area contributed by atoms with Crippen molar-refractivity contribution in [2.75, 3.05) is 31.1 Å². The molecule has 0 saturated heterocycles. The number of thiazole rings is 1. The first-order chi connectivity index (χ1) is 15.2. The van der Waals surface area contributed by atoms with Gasteiger partial charge in [0.25, 0.3) is 5.91 Å². The summed E-state index contributed by atoms with van der Waals surface area (Å²) in [6.45, 7) is 12.8. The Balaban J connectivity index is 1.96. The molecule has 0 radical (unpaired) electrons. The van der Waals surface area contributed by atoms with Gasteiger partial charge in [-0.05, 0) is 69.8 Å². The number of rotatable bonds is 9. The molecule has 3 aromatic rings. The zero-order valence-electron chi connectivity index (χ0n) is 19.1. The van der Waals surface area contributed by atoms with Gasteiger partial charge in [-0.2, -0.15) is 0 Å². The molecular weight excluding hydrogens is 465 g/mol. The van der Waals surface area contributed by atoms with E-state index in [4.69, 9.17) is 32.9 Å². The summed E-state index contributed by atoms with van der Waals surface area (Å²) in [4.78, 5) is 22.6. The van der Waals surface area contributed by atoms with Crippen LogP contribution in [0.4, 0.5) is 5.13 Å². The van der Waals surface area contributed by atoms with Gasteiger partial charge in [0.05, 0.1) is 15.2 Å². The van der Waals surface area contributed by atoms with Gasteiger partial charge in [0.2, 0.25) is 0 Å². The van der Waals surface area contributed by atoms with Crippen LogP contribution in [0.5, 0.6) is 5.75 Å². The number of carbonyl (C=O) groups excluding carboxylic acids is 1. The fourth-order valence-electron chi connectivity index (χ4n) is 3.44. The predicted molar refractivity (Wildman–Crippen MR) is 136 cm³/mol. The van der Waals surface area contributed by atoms with Gasteiger partial charge in [-0.1, -0.05) is 54.5 Å². The number of benzene rings is 2. The summed E-state index contributed by atoms with van der Waals surface area (Å²) in [6, 6.07) is 10.8. The number of fused-ring (bicyclic) bond motifs is 1. The Morgan fingerprint density at radius 2 is 1.72 bits per heavy atom. The number of carbonyl (C=O) groups is 1. The Hall–Kier alpha value is -1.86. The van der Waals surface area contributed by atoms with Crippen molar-refractivity contribution in [2.45, 2.75) is 40.2 Å². The van der Waals surface area contributed by atoms with Crippen LogP contribution in [0, 0.1) is 6.92 Å². The Morgan fingerprint density at radius 3 is 2.31 bits per heavy atom. The van der Waals surface area contributed by atoms with Crippen LogP contribution >= 0.6 is 34.5 Å². The maximum absolute atomic E-state index is 13.8. The van der Waals surface area contributed by atoms with E-state index >= 15 is 0 Å². The van der Waals surface area contributed by atoms with Crippen molar-refractivity contribution in [3.63, 3.8) is 0 Å². The smallest absolute Gasteiger partial charge is 0.272 e. The molecule has 1 amide bonds. The number of aryl methyl sites for hydroxylation is 1. The van der Waals surface area contributed by atoms with Gasteiger partial charge in [-0.3, -0.25) is 9.69 Å². The van der Waals surface area contributed by atoms with Crippen molar-refractivity contribution < 1.29 is 9.53 Å². The van der Waals surface area contributed by atoms with Crippen molar-refractivity contribution in [3.8, 4) is 5.75 Å². The fraction of sp³-hybridized carbons (Fsp3) is 0.417. The molecule has 0 bridgehead atoms. The first-order valence-electron chi connectivity index (χ1n) is 10.7. The van der Waals surface area contributed by atoms with Gasteiger partial charge in [0, 0.05) is 18.1 Å². The number of ether oxygens (including phenoxy) is 1. The van der Waals surface area contributed by atoms with Crippen molar-refractivity contribution in [1.29, 1.82) is 0 Å². The second-order valence-electron chi connectivity index (χ2n) is 8.09. The normalized spacial score (nSPS) is 11.9. The van der Waals surface area contributed by atoms with Crippen LogP contribution in [0.1, 0.15) is 33.3 Å². The van der Waals surface area contributed by atoms with Gasteiger partial charge in [0.1, 0.15) is 5.75 Å². The first-order valence-corrected chi connectivity index (χ1v) is 12.3. The number of hydrogen-bond acceptors (Lipinski definition) is 5. The molecule has 5 nitrogen and oxygen atoms in total. The van der Waals surface area contributed by atoms with E-state index in [1.807, 2.05) is 19.1 Å². The molecule has 172 valence electrons.